The summed E-state index contributed by atoms with van der Waals surface area (Å²) in [6.07, 6.45) is 2.69. The molecule has 2 rings (SSSR count). The van der Waals surface area contributed by atoms with Crippen molar-refractivity contribution in [3.05, 3.63) is 34.9 Å². The van der Waals surface area contributed by atoms with Crippen molar-refractivity contribution in [1.82, 2.24) is 5.32 Å². The predicted molar refractivity (Wildman–Crippen MR) is 80.5 cm³/mol. The van der Waals surface area contributed by atoms with E-state index in [4.69, 9.17) is 4.74 Å². The van der Waals surface area contributed by atoms with Gasteiger partial charge in [0.1, 0.15) is 0 Å². The Morgan fingerprint density at radius 1 is 1.32 bits per heavy atom. The molecule has 1 heterocycles. The summed E-state index contributed by atoms with van der Waals surface area (Å²) >= 11 is 0. The summed E-state index contributed by atoms with van der Waals surface area (Å²) in [5.74, 6) is 0.602. The summed E-state index contributed by atoms with van der Waals surface area (Å²) in [5, 5.41) is 3.69. The third-order valence-electron chi connectivity index (χ3n) is 4.29. The molecule has 1 aliphatic heterocycles. The molecular formula is C17H27NO. The van der Waals surface area contributed by atoms with Gasteiger partial charge in [0.15, 0.2) is 0 Å². The van der Waals surface area contributed by atoms with Crippen LogP contribution in [0.15, 0.2) is 18.2 Å². The van der Waals surface area contributed by atoms with Gasteiger partial charge in [-0.3, -0.25) is 0 Å². The lowest BCUT2D eigenvalue weighted by Crippen LogP contribution is -2.33. The van der Waals surface area contributed by atoms with Crippen molar-refractivity contribution in [3.8, 4) is 0 Å². The predicted octanol–water partition coefficient (Wildman–Crippen LogP) is 3.77. The molecule has 106 valence electrons. The summed E-state index contributed by atoms with van der Waals surface area (Å²) in [6.45, 7) is 10.7. The number of rotatable bonds is 5. The minimum absolute atomic E-state index is 0.406. The number of benzene rings is 1. The van der Waals surface area contributed by atoms with Crippen molar-refractivity contribution in [2.45, 2.75) is 52.7 Å². The zero-order valence-corrected chi connectivity index (χ0v) is 12.7. The van der Waals surface area contributed by atoms with Gasteiger partial charge in [-0.25, -0.2) is 0 Å². The van der Waals surface area contributed by atoms with E-state index in [1.165, 1.54) is 23.1 Å². The van der Waals surface area contributed by atoms with E-state index in [2.05, 4.69) is 51.2 Å². The van der Waals surface area contributed by atoms with Crippen LogP contribution in [0.4, 0.5) is 0 Å². The number of aryl methyl sites for hydroxylation is 2. The van der Waals surface area contributed by atoms with Crippen LogP contribution in [0.25, 0.3) is 0 Å². The molecule has 1 aliphatic rings. The molecule has 0 amide bonds. The van der Waals surface area contributed by atoms with Crippen LogP contribution in [0.5, 0.6) is 0 Å². The van der Waals surface area contributed by atoms with Crippen molar-refractivity contribution < 1.29 is 4.74 Å². The second-order valence-corrected chi connectivity index (χ2v) is 5.67. The van der Waals surface area contributed by atoms with Crippen LogP contribution in [0.1, 0.15) is 49.4 Å². The standard InChI is InChI=1S/C17H27NO/c1-5-16-14(9-10-19-16)17(18-6-2)15-11-12(3)7-8-13(15)4/h7-8,11,14,16-18H,5-6,9-10H2,1-4H3. The monoisotopic (exact) mass is 261 g/mol. The Hall–Kier alpha value is -0.860. The van der Waals surface area contributed by atoms with Crippen molar-refractivity contribution in [2.24, 2.45) is 5.92 Å². The van der Waals surface area contributed by atoms with Gasteiger partial charge < -0.3 is 10.1 Å². The molecular weight excluding hydrogens is 234 g/mol. The van der Waals surface area contributed by atoms with Crippen LogP contribution in [-0.2, 0) is 4.74 Å². The molecule has 3 unspecified atom stereocenters. The van der Waals surface area contributed by atoms with E-state index < -0.39 is 0 Å². The Labute approximate surface area is 117 Å². The molecule has 1 saturated heterocycles. The summed E-state index contributed by atoms with van der Waals surface area (Å²) in [6, 6.07) is 7.21. The molecule has 1 aromatic carbocycles. The van der Waals surface area contributed by atoms with Gasteiger partial charge in [0.05, 0.1) is 6.10 Å². The number of hydrogen-bond donors (Lipinski definition) is 1. The van der Waals surface area contributed by atoms with Crippen LogP contribution in [-0.4, -0.2) is 19.3 Å². The highest BCUT2D eigenvalue weighted by Crippen LogP contribution is 2.36. The lowest BCUT2D eigenvalue weighted by molar-refractivity contribution is 0.0775. The Balaban J connectivity index is 2.31. The highest BCUT2D eigenvalue weighted by atomic mass is 16.5. The minimum atomic E-state index is 0.406. The summed E-state index contributed by atoms with van der Waals surface area (Å²) < 4.78 is 5.89. The Morgan fingerprint density at radius 3 is 2.79 bits per heavy atom. The SMILES string of the molecule is CCNC(c1cc(C)ccc1C)C1CCOC1CC. The van der Waals surface area contributed by atoms with Gasteiger partial charge in [-0.1, -0.05) is 37.6 Å². The molecule has 0 bridgehead atoms. The van der Waals surface area contributed by atoms with Gasteiger partial charge in [-0.2, -0.15) is 0 Å². The fourth-order valence-electron chi connectivity index (χ4n) is 3.27. The van der Waals surface area contributed by atoms with Gasteiger partial charge in [0, 0.05) is 18.6 Å². The maximum atomic E-state index is 5.89. The minimum Gasteiger partial charge on any atom is -0.378 e. The highest BCUT2D eigenvalue weighted by molar-refractivity contribution is 5.33. The first-order valence-corrected chi connectivity index (χ1v) is 7.59. The number of hydrogen-bond acceptors (Lipinski definition) is 2. The smallest absolute Gasteiger partial charge is 0.0619 e. The zero-order chi connectivity index (χ0) is 13.8. The van der Waals surface area contributed by atoms with E-state index in [0.29, 0.717) is 18.1 Å². The molecule has 19 heavy (non-hydrogen) atoms. The van der Waals surface area contributed by atoms with Crippen molar-refractivity contribution in [1.29, 1.82) is 0 Å². The van der Waals surface area contributed by atoms with E-state index >= 15 is 0 Å². The summed E-state index contributed by atoms with van der Waals surface area (Å²) in [5.41, 5.74) is 4.18. The molecule has 0 aliphatic carbocycles. The van der Waals surface area contributed by atoms with Crippen LogP contribution in [0, 0.1) is 19.8 Å². The molecule has 0 radical (unpaired) electrons. The normalized spacial score (nSPS) is 24.6. The Morgan fingerprint density at radius 2 is 2.11 bits per heavy atom. The third kappa shape index (κ3) is 3.18. The van der Waals surface area contributed by atoms with Crippen LogP contribution >= 0.6 is 0 Å². The van der Waals surface area contributed by atoms with Gasteiger partial charge in [0.2, 0.25) is 0 Å². The first-order valence-electron chi connectivity index (χ1n) is 7.59. The summed E-state index contributed by atoms with van der Waals surface area (Å²) in [4.78, 5) is 0. The summed E-state index contributed by atoms with van der Waals surface area (Å²) in [7, 11) is 0. The van der Waals surface area contributed by atoms with E-state index in [1.54, 1.807) is 0 Å². The largest absolute Gasteiger partial charge is 0.378 e. The fraction of sp³-hybridized carbons (Fsp3) is 0.647. The van der Waals surface area contributed by atoms with E-state index in [1.807, 2.05) is 0 Å². The number of ether oxygens (including phenoxy) is 1. The van der Waals surface area contributed by atoms with Crippen molar-refractivity contribution in [3.63, 3.8) is 0 Å². The molecule has 0 saturated carbocycles. The first-order chi connectivity index (χ1) is 9.17. The van der Waals surface area contributed by atoms with Gasteiger partial charge in [-0.05, 0) is 44.4 Å². The van der Waals surface area contributed by atoms with E-state index in [-0.39, 0.29) is 0 Å². The lowest BCUT2D eigenvalue weighted by Gasteiger charge is -2.29. The zero-order valence-electron chi connectivity index (χ0n) is 12.7. The maximum absolute atomic E-state index is 5.89. The lowest BCUT2D eigenvalue weighted by atomic mass is 9.84. The fourth-order valence-corrected chi connectivity index (χ4v) is 3.27. The average molecular weight is 261 g/mol. The average Bonchev–Trinajstić information content (AvgIpc) is 2.87. The van der Waals surface area contributed by atoms with Crippen LogP contribution in [0.3, 0.4) is 0 Å². The molecule has 2 heteroatoms. The quantitative estimate of drug-likeness (QED) is 0.871. The number of nitrogens with one attached hydrogen (secondary N) is 1. The molecule has 1 N–H and O–H groups in total. The van der Waals surface area contributed by atoms with Gasteiger partial charge >= 0.3 is 0 Å². The maximum Gasteiger partial charge on any atom is 0.0619 e. The first kappa shape index (κ1) is 14.5. The molecule has 3 atom stereocenters. The Kier molecular flexibility index (Phi) is 5.00. The second-order valence-electron chi connectivity index (χ2n) is 5.67. The Bertz CT molecular complexity index is 416. The molecule has 1 aromatic rings. The highest BCUT2D eigenvalue weighted by Gasteiger charge is 2.34. The van der Waals surface area contributed by atoms with Crippen LogP contribution < -0.4 is 5.32 Å². The second kappa shape index (κ2) is 6.53. The van der Waals surface area contributed by atoms with Crippen molar-refractivity contribution in [2.75, 3.05) is 13.2 Å². The molecule has 2 nitrogen and oxygen atoms in total. The van der Waals surface area contributed by atoms with Gasteiger partial charge in [-0.15, -0.1) is 0 Å². The third-order valence-corrected chi connectivity index (χ3v) is 4.29. The van der Waals surface area contributed by atoms with Gasteiger partial charge in [0.25, 0.3) is 0 Å². The molecule has 0 aromatic heterocycles. The van der Waals surface area contributed by atoms with Crippen LogP contribution in [0.2, 0.25) is 0 Å². The van der Waals surface area contributed by atoms with E-state index in [0.717, 1.165) is 19.6 Å². The molecule has 0 spiro atoms. The van der Waals surface area contributed by atoms with E-state index in [9.17, 15) is 0 Å². The topological polar surface area (TPSA) is 21.3 Å². The van der Waals surface area contributed by atoms with Crippen molar-refractivity contribution >= 4 is 0 Å². The molecule has 1 fully saturated rings.